The van der Waals surface area contributed by atoms with Crippen LogP contribution < -0.4 is 5.32 Å². The molecule has 0 bridgehead atoms. The SMILES string of the molecule is CC1(CNC(=O)c2ccc(S)cc2)CCCS1. The van der Waals surface area contributed by atoms with Crippen LogP contribution in [0.3, 0.4) is 0 Å². The fourth-order valence-electron chi connectivity index (χ4n) is 1.96. The Kier molecular flexibility index (Phi) is 4.05. The van der Waals surface area contributed by atoms with E-state index in [1.165, 1.54) is 18.6 Å². The van der Waals surface area contributed by atoms with Gasteiger partial charge in [-0.05, 0) is 49.8 Å². The minimum Gasteiger partial charge on any atom is -0.351 e. The molecule has 1 fully saturated rings. The fourth-order valence-corrected chi connectivity index (χ4v) is 3.35. The number of nitrogens with one attached hydrogen (secondary N) is 1. The van der Waals surface area contributed by atoms with Crippen molar-refractivity contribution < 1.29 is 4.79 Å². The van der Waals surface area contributed by atoms with Crippen LogP contribution >= 0.6 is 24.4 Å². The lowest BCUT2D eigenvalue weighted by Gasteiger charge is -2.22. The van der Waals surface area contributed by atoms with Crippen molar-refractivity contribution in [2.24, 2.45) is 0 Å². The van der Waals surface area contributed by atoms with Gasteiger partial charge in [-0.25, -0.2) is 0 Å². The third-order valence-electron chi connectivity index (χ3n) is 3.05. The Morgan fingerprint density at radius 1 is 1.47 bits per heavy atom. The summed E-state index contributed by atoms with van der Waals surface area (Å²) in [7, 11) is 0. The van der Waals surface area contributed by atoms with Gasteiger partial charge in [0.05, 0.1) is 0 Å². The first-order valence-corrected chi connectivity index (χ1v) is 7.24. The van der Waals surface area contributed by atoms with Crippen molar-refractivity contribution in [3.8, 4) is 0 Å². The third kappa shape index (κ3) is 3.42. The van der Waals surface area contributed by atoms with Gasteiger partial charge in [0.2, 0.25) is 0 Å². The highest BCUT2D eigenvalue weighted by Crippen LogP contribution is 2.36. The number of rotatable bonds is 3. The second-order valence-electron chi connectivity index (χ2n) is 4.63. The van der Waals surface area contributed by atoms with Gasteiger partial charge in [-0.1, -0.05) is 0 Å². The van der Waals surface area contributed by atoms with Gasteiger partial charge in [-0.2, -0.15) is 11.8 Å². The molecule has 1 amide bonds. The van der Waals surface area contributed by atoms with Crippen molar-refractivity contribution in [2.75, 3.05) is 12.3 Å². The monoisotopic (exact) mass is 267 g/mol. The summed E-state index contributed by atoms with van der Waals surface area (Å²) in [4.78, 5) is 12.8. The predicted octanol–water partition coefficient (Wildman–Crippen LogP) is 2.99. The highest BCUT2D eigenvalue weighted by molar-refractivity contribution is 8.00. The number of thiol groups is 1. The van der Waals surface area contributed by atoms with Crippen LogP contribution in [-0.2, 0) is 0 Å². The second kappa shape index (κ2) is 5.36. The van der Waals surface area contributed by atoms with E-state index in [0.29, 0.717) is 5.56 Å². The molecule has 2 nitrogen and oxygen atoms in total. The molecule has 17 heavy (non-hydrogen) atoms. The van der Waals surface area contributed by atoms with Crippen molar-refractivity contribution in [2.45, 2.75) is 29.4 Å². The van der Waals surface area contributed by atoms with E-state index in [1.54, 1.807) is 0 Å². The second-order valence-corrected chi connectivity index (χ2v) is 6.83. The van der Waals surface area contributed by atoms with Gasteiger partial charge in [0.25, 0.3) is 5.91 Å². The lowest BCUT2D eigenvalue weighted by molar-refractivity contribution is 0.0950. The summed E-state index contributed by atoms with van der Waals surface area (Å²) in [6, 6.07) is 7.29. The molecular weight excluding hydrogens is 250 g/mol. The maximum atomic E-state index is 11.9. The van der Waals surface area contributed by atoms with E-state index >= 15 is 0 Å². The lowest BCUT2D eigenvalue weighted by Crippen LogP contribution is -2.36. The van der Waals surface area contributed by atoms with Crippen LogP contribution in [0.4, 0.5) is 0 Å². The molecule has 0 saturated carbocycles. The minimum atomic E-state index is 0.00654. The molecular formula is C13H17NOS2. The van der Waals surface area contributed by atoms with Gasteiger partial charge in [-0.15, -0.1) is 12.6 Å². The van der Waals surface area contributed by atoms with Crippen LogP contribution in [0.5, 0.6) is 0 Å². The van der Waals surface area contributed by atoms with Gasteiger partial charge >= 0.3 is 0 Å². The zero-order valence-electron chi connectivity index (χ0n) is 9.90. The largest absolute Gasteiger partial charge is 0.351 e. The normalized spacial score (nSPS) is 23.6. The Bertz CT molecular complexity index is 396. The highest BCUT2D eigenvalue weighted by atomic mass is 32.2. The predicted molar refractivity (Wildman–Crippen MR) is 76.1 cm³/mol. The van der Waals surface area contributed by atoms with E-state index in [0.717, 1.165) is 11.4 Å². The Morgan fingerprint density at radius 3 is 2.76 bits per heavy atom. The van der Waals surface area contributed by atoms with Crippen molar-refractivity contribution >= 4 is 30.3 Å². The van der Waals surface area contributed by atoms with E-state index in [2.05, 4.69) is 24.9 Å². The third-order valence-corrected chi connectivity index (χ3v) is 4.89. The number of amides is 1. The zero-order chi connectivity index (χ0) is 12.3. The summed E-state index contributed by atoms with van der Waals surface area (Å²) in [5, 5.41) is 3.02. The maximum absolute atomic E-state index is 11.9. The molecule has 0 radical (unpaired) electrons. The summed E-state index contributed by atoms with van der Waals surface area (Å²) in [5.74, 6) is 1.22. The van der Waals surface area contributed by atoms with E-state index in [1.807, 2.05) is 36.0 Å². The molecule has 1 aliphatic rings. The van der Waals surface area contributed by atoms with Crippen LogP contribution in [0.15, 0.2) is 29.2 Å². The Labute approximate surface area is 112 Å². The number of carbonyl (C=O) groups is 1. The number of carbonyl (C=O) groups excluding carboxylic acids is 1. The Balaban J connectivity index is 1.91. The highest BCUT2D eigenvalue weighted by Gasteiger charge is 2.29. The summed E-state index contributed by atoms with van der Waals surface area (Å²) in [6.07, 6.45) is 2.44. The zero-order valence-corrected chi connectivity index (χ0v) is 11.6. The topological polar surface area (TPSA) is 29.1 Å². The average Bonchev–Trinajstić information content (AvgIpc) is 2.75. The van der Waals surface area contributed by atoms with E-state index in [4.69, 9.17) is 0 Å². The molecule has 1 saturated heterocycles. The molecule has 0 aromatic heterocycles. The van der Waals surface area contributed by atoms with Crippen molar-refractivity contribution in [1.82, 2.24) is 5.32 Å². The maximum Gasteiger partial charge on any atom is 0.251 e. The summed E-state index contributed by atoms with van der Waals surface area (Å²) in [5.41, 5.74) is 0.703. The summed E-state index contributed by atoms with van der Waals surface area (Å²) in [6.45, 7) is 2.97. The van der Waals surface area contributed by atoms with Crippen molar-refractivity contribution in [3.63, 3.8) is 0 Å². The first-order valence-electron chi connectivity index (χ1n) is 5.80. The Hall–Kier alpha value is -0.610. The van der Waals surface area contributed by atoms with Crippen molar-refractivity contribution in [1.29, 1.82) is 0 Å². The van der Waals surface area contributed by atoms with E-state index < -0.39 is 0 Å². The van der Waals surface area contributed by atoms with Crippen LogP contribution in [0.2, 0.25) is 0 Å². The van der Waals surface area contributed by atoms with E-state index in [9.17, 15) is 4.79 Å². The summed E-state index contributed by atoms with van der Waals surface area (Å²) < 4.78 is 0.221. The molecule has 92 valence electrons. The number of hydrogen-bond donors (Lipinski definition) is 2. The van der Waals surface area contributed by atoms with Crippen LogP contribution in [0, 0.1) is 0 Å². The number of thioether (sulfide) groups is 1. The van der Waals surface area contributed by atoms with Gasteiger partial charge < -0.3 is 5.32 Å². The Morgan fingerprint density at radius 2 is 2.18 bits per heavy atom. The van der Waals surface area contributed by atoms with E-state index in [-0.39, 0.29) is 10.7 Å². The van der Waals surface area contributed by atoms with Crippen LogP contribution in [-0.4, -0.2) is 23.0 Å². The lowest BCUT2D eigenvalue weighted by atomic mass is 10.1. The molecule has 1 unspecified atom stereocenters. The molecule has 2 rings (SSSR count). The van der Waals surface area contributed by atoms with Gasteiger partial charge in [0.1, 0.15) is 0 Å². The molecule has 1 aromatic carbocycles. The standard InChI is InChI=1S/C13H17NOS2/c1-13(7-2-8-17-13)9-14-12(15)10-3-5-11(16)6-4-10/h3-6,16H,2,7-9H2,1H3,(H,14,15). The van der Waals surface area contributed by atoms with Crippen LogP contribution in [0.1, 0.15) is 30.1 Å². The van der Waals surface area contributed by atoms with Gasteiger partial charge in [-0.3, -0.25) is 4.79 Å². The average molecular weight is 267 g/mol. The first kappa shape index (κ1) is 12.8. The first-order chi connectivity index (χ1) is 8.09. The fraction of sp³-hybridized carbons (Fsp3) is 0.462. The molecule has 0 aliphatic carbocycles. The van der Waals surface area contributed by atoms with Gasteiger partial charge in [0.15, 0.2) is 0 Å². The smallest absolute Gasteiger partial charge is 0.251 e. The molecule has 1 N–H and O–H groups in total. The van der Waals surface area contributed by atoms with Crippen molar-refractivity contribution in [3.05, 3.63) is 29.8 Å². The quantitative estimate of drug-likeness (QED) is 0.824. The molecule has 1 atom stereocenters. The van der Waals surface area contributed by atoms with Crippen LogP contribution in [0.25, 0.3) is 0 Å². The molecule has 0 spiro atoms. The molecule has 1 aromatic rings. The molecule has 1 aliphatic heterocycles. The van der Waals surface area contributed by atoms with Gasteiger partial charge in [0, 0.05) is 21.8 Å². The molecule has 4 heteroatoms. The summed E-state index contributed by atoms with van der Waals surface area (Å²) >= 11 is 6.16. The molecule has 1 heterocycles. The number of benzene rings is 1. The minimum absolute atomic E-state index is 0.00654. The number of hydrogen-bond acceptors (Lipinski definition) is 3.